The summed E-state index contributed by atoms with van der Waals surface area (Å²) in [5, 5.41) is 19.7. The molecule has 0 aliphatic carbocycles. The molecule has 0 amide bonds. The zero-order valence-corrected chi connectivity index (χ0v) is 11.7. The molecule has 1 atom stereocenters. The average molecular weight is 307 g/mol. The summed E-state index contributed by atoms with van der Waals surface area (Å²) < 4.78 is 0. The van der Waals surface area contributed by atoms with Crippen molar-refractivity contribution in [1.82, 2.24) is 5.43 Å². The lowest BCUT2D eigenvalue weighted by Gasteiger charge is -2.12. The lowest BCUT2D eigenvalue weighted by Crippen LogP contribution is -2.28. The van der Waals surface area contributed by atoms with E-state index in [0.29, 0.717) is 10.7 Å². The van der Waals surface area contributed by atoms with Crippen LogP contribution in [0.4, 0.5) is 5.69 Å². The highest BCUT2D eigenvalue weighted by Gasteiger charge is 2.03. The predicted octanol–water partition coefficient (Wildman–Crippen LogP) is 0.624. The fraction of sp³-hybridized carbons (Fsp3) is 0.200. The van der Waals surface area contributed by atoms with Crippen LogP contribution in [0.25, 0.3) is 0 Å². The molecule has 0 aromatic heterocycles. The first-order chi connectivity index (χ1) is 8.52. The van der Waals surface area contributed by atoms with Crippen molar-refractivity contribution in [2.24, 2.45) is 21.8 Å². The summed E-state index contributed by atoms with van der Waals surface area (Å²) in [6.07, 6.45) is 0.790. The van der Waals surface area contributed by atoms with Crippen molar-refractivity contribution in [3.05, 3.63) is 28.8 Å². The highest BCUT2D eigenvalue weighted by molar-refractivity contribution is 6.31. The standard InChI is InChI=1S/C10H15ClN6O.ClH/c1-6(18)15-9-4-8(11)3-2-7(9)5-14-17-10(12)16-13;/h2-6,15,18H,13H2,1H3,(H3,12,16,17);1H. The molecule has 7 nitrogen and oxygen atoms in total. The van der Waals surface area contributed by atoms with E-state index in [2.05, 4.69) is 20.9 Å². The van der Waals surface area contributed by atoms with Gasteiger partial charge in [0.05, 0.1) is 6.21 Å². The minimum Gasteiger partial charge on any atom is -0.374 e. The number of benzene rings is 1. The van der Waals surface area contributed by atoms with Crippen LogP contribution >= 0.6 is 24.0 Å². The Morgan fingerprint density at radius 2 is 2.21 bits per heavy atom. The molecule has 0 heterocycles. The molecule has 106 valence electrons. The molecule has 0 radical (unpaired) electrons. The number of nitrogens with zero attached hydrogens (tertiary/aromatic N) is 2. The van der Waals surface area contributed by atoms with Crippen LogP contribution in [0.3, 0.4) is 0 Å². The first-order valence-corrected chi connectivity index (χ1v) is 5.47. The number of hydrogen-bond donors (Lipinski definition) is 5. The molecule has 0 saturated heterocycles. The van der Waals surface area contributed by atoms with Crippen LogP contribution in [0.1, 0.15) is 12.5 Å². The van der Waals surface area contributed by atoms with E-state index in [1.807, 2.05) is 0 Å². The van der Waals surface area contributed by atoms with Crippen molar-refractivity contribution < 1.29 is 5.11 Å². The Kier molecular flexibility index (Phi) is 7.66. The van der Waals surface area contributed by atoms with E-state index in [1.165, 1.54) is 6.21 Å². The summed E-state index contributed by atoms with van der Waals surface area (Å²) in [4.78, 5) is 0. The van der Waals surface area contributed by atoms with Gasteiger partial charge < -0.3 is 22.0 Å². The van der Waals surface area contributed by atoms with Gasteiger partial charge >= 0.3 is 0 Å². The number of guanidine groups is 1. The van der Waals surface area contributed by atoms with Crippen molar-refractivity contribution in [3.63, 3.8) is 0 Å². The normalized spacial score (nSPS) is 12.9. The van der Waals surface area contributed by atoms with Crippen LogP contribution in [0, 0.1) is 0 Å². The van der Waals surface area contributed by atoms with Crippen LogP contribution in [-0.4, -0.2) is 23.5 Å². The van der Waals surface area contributed by atoms with Gasteiger partial charge in [-0.15, -0.1) is 17.5 Å². The van der Waals surface area contributed by atoms with Gasteiger partial charge in [-0.3, -0.25) is 0 Å². The Bertz CT molecular complexity index is 463. The second-order valence-electron chi connectivity index (χ2n) is 3.44. The maximum Gasteiger partial charge on any atom is 0.231 e. The molecule has 1 rings (SSSR count). The fourth-order valence-electron chi connectivity index (χ4n) is 1.19. The minimum absolute atomic E-state index is 0. The minimum atomic E-state index is -0.709. The largest absolute Gasteiger partial charge is 0.374 e. The van der Waals surface area contributed by atoms with E-state index in [4.69, 9.17) is 23.2 Å². The summed E-state index contributed by atoms with van der Waals surface area (Å²) in [6, 6.07) is 5.13. The summed E-state index contributed by atoms with van der Waals surface area (Å²) in [5.41, 5.74) is 9.09. The van der Waals surface area contributed by atoms with Crippen LogP contribution in [0.5, 0.6) is 0 Å². The van der Waals surface area contributed by atoms with Gasteiger partial charge in [-0.05, 0) is 25.1 Å². The predicted molar refractivity (Wildman–Crippen MR) is 80.5 cm³/mol. The van der Waals surface area contributed by atoms with Crippen LogP contribution in [0.2, 0.25) is 5.02 Å². The number of halogens is 2. The second kappa shape index (κ2) is 8.41. The molecule has 1 aromatic rings. The maximum atomic E-state index is 9.30. The molecule has 0 bridgehead atoms. The van der Waals surface area contributed by atoms with Crippen molar-refractivity contribution in [2.75, 3.05) is 5.32 Å². The number of nitrogens with one attached hydrogen (secondary N) is 2. The SMILES string of the molecule is CC(O)Nc1cc(Cl)ccc1C=NNC(N)=NN.Cl. The Morgan fingerprint density at radius 1 is 1.53 bits per heavy atom. The highest BCUT2D eigenvalue weighted by atomic mass is 35.5. The van der Waals surface area contributed by atoms with Crippen LogP contribution in [-0.2, 0) is 0 Å². The fourth-order valence-corrected chi connectivity index (χ4v) is 1.36. The Morgan fingerprint density at radius 3 is 2.79 bits per heavy atom. The summed E-state index contributed by atoms with van der Waals surface area (Å²) in [5.74, 6) is 4.92. The number of hydrazone groups is 2. The molecule has 1 aromatic carbocycles. The third kappa shape index (κ3) is 6.14. The Hall–Kier alpha value is -1.70. The highest BCUT2D eigenvalue weighted by Crippen LogP contribution is 2.20. The Balaban J connectivity index is 0.00000324. The number of rotatable bonds is 4. The topological polar surface area (TPSA) is 121 Å². The first-order valence-electron chi connectivity index (χ1n) is 5.09. The van der Waals surface area contributed by atoms with Crippen molar-refractivity contribution in [2.45, 2.75) is 13.2 Å². The van der Waals surface area contributed by atoms with Crippen LogP contribution < -0.4 is 22.3 Å². The third-order valence-electron chi connectivity index (χ3n) is 1.90. The monoisotopic (exact) mass is 306 g/mol. The third-order valence-corrected chi connectivity index (χ3v) is 2.14. The van der Waals surface area contributed by atoms with Gasteiger partial charge in [0.15, 0.2) is 0 Å². The molecule has 9 heteroatoms. The maximum absolute atomic E-state index is 9.30. The molecule has 0 aliphatic heterocycles. The smallest absolute Gasteiger partial charge is 0.231 e. The van der Waals surface area contributed by atoms with Gasteiger partial charge in [-0.1, -0.05) is 11.6 Å². The van der Waals surface area contributed by atoms with E-state index in [0.717, 1.165) is 5.56 Å². The van der Waals surface area contributed by atoms with Crippen LogP contribution in [0.15, 0.2) is 28.4 Å². The number of hydrogen-bond acceptors (Lipinski definition) is 5. The van der Waals surface area contributed by atoms with Gasteiger partial charge in [0.2, 0.25) is 5.96 Å². The molecule has 0 saturated carbocycles. The quantitative estimate of drug-likeness (QED) is 0.184. The molecule has 1 unspecified atom stereocenters. The van der Waals surface area contributed by atoms with E-state index >= 15 is 0 Å². The van der Waals surface area contributed by atoms with Crippen molar-refractivity contribution in [3.8, 4) is 0 Å². The molecule has 19 heavy (non-hydrogen) atoms. The molecule has 7 N–H and O–H groups in total. The summed E-state index contributed by atoms with van der Waals surface area (Å²) in [7, 11) is 0. The molecular formula is C10H16Cl2N6O. The van der Waals surface area contributed by atoms with E-state index in [-0.39, 0.29) is 18.4 Å². The lowest BCUT2D eigenvalue weighted by atomic mass is 10.2. The summed E-state index contributed by atoms with van der Waals surface area (Å²) in [6.45, 7) is 1.60. The number of nitrogens with two attached hydrogens (primary N) is 2. The molecular weight excluding hydrogens is 291 g/mol. The van der Waals surface area contributed by atoms with Gasteiger partial charge in [-0.2, -0.15) is 5.10 Å². The second-order valence-corrected chi connectivity index (χ2v) is 3.87. The number of aliphatic hydroxyl groups excluding tert-OH is 1. The van der Waals surface area contributed by atoms with Gasteiger partial charge in [0.1, 0.15) is 6.23 Å². The average Bonchev–Trinajstić information content (AvgIpc) is 2.31. The molecule has 0 spiro atoms. The zero-order valence-electron chi connectivity index (χ0n) is 10.2. The van der Waals surface area contributed by atoms with E-state index in [1.54, 1.807) is 25.1 Å². The van der Waals surface area contributed by atoms with Gasteiger partial charge in [0.25, 0.3) is 0 Å². The lowest BCUT2D eigenvalue weighted by molar-refractivity contribution is 0.224. The molecule has 0 aliphatic rings. The number of anilines is 1. The van der Waals surface area contributed by atoms with Crippen molar-refractivity contribution >= 4 is 41.9 Å². The van der Waals surface area contributed by atoms with Crippen molar-refractivity contribution in [1.29, 1.82) is 0 Å². The van der Waals surface area contributed by atoms with Gasteiger partial charge in [0, 0.05) is 16.3 Å². The first kappa shape index (κ1) is 17.3. The van der Waals surface area contributed by atoms with E-state index in [9.17, 15) is 5.11 Å². The molecule has 0 fully saturated rings. The zero-order chi connectivity index (χ0) is 13.5. The Labute approximate surface area is 122 Å². The summed E-state index contributed by atoms with van der Waals surface area (Å²) >= 11 is 5.87. The number of aliphatic hydroxyl groups is 1. The van der Waals surface area contributed by atoms with E-state index < -0.39 is 6.23 Å². The van der Waals surface area contributed by atoms with Gasteiger partial charge in [-0.25, -0.2) is 5.43 Å².